The first-order valence-electron chi connectivity index (χ1n) is 7.38. The van der Waals surface area contributed by atoms with Crippen LogP contribution in [0.15, 0.2) is 48.5 Å². The van der Waals surface area contributed by atoms with Crippen molar-refractivity contribution in [2.24, 2.45) is 0 Å². The van der Waals surface area contributed by atoms with Crippen molar-refractivity contribution in [1.82, 2.24) is 0 Å². The van der Waals surface area contributed by atoms with Gasteiger partial charge in [-0.15, -0.1) is 0 Å². The third-order valence-corrected chi connectivity index (χ3v) is 3.92. The Morgan fingerprint density at radius 2 is 1.73 bits per heavy atom. The molecule has 1 atom stereocenters. The minimum absolute atomic E-state index is 0.487. The van der Waals surface area contributed by atoms with Crippen LogP contribution < -0.4 is 0 Å². The molecule has 0 aromatic heterocycles. The van der Waals surface area contributed by atoms with Crippen LogP contribution in [0.1, 0.15) is 37.8 Å². The predicted octanol–water partition coefficient (Wildman–Crippen LogP) is 3.86. The number of hydrogen-bond acceptors (Lipinski definition) is 3. The smallest absolute Gasteiger partial charge is 0.342 e. The Hall–Kier alpha value is -2.13. The first-order chi connectivity index (χ1) is 10.4. The zero-order chi connectivity index (χ0) is 16.3. The standard InChI is InChI=1S/C19H22O3/c1-13(2)14-8-10-15(11-9-14)16-6-5-7-17(12-16)19(3,21)18(20)22-4/h5-13,21H,1-4H3. The van der Waals surface area contributed by atoms with E-state index < -0.39 is 11.6 Å². The fraction of sp³-hybridized carbons (Fsp3) is 0.316. The summed E-state index contributed by atoms with van der Waals surface area (Å²) in [5, 5.41) is 10.4. The van der Waals surface area contributed by atoms with Crippen LogP contribution in [-0.4, -0.2) is 18.2 Å². The highest BCUT2D eigenvalue weighted by Gasteiger charge is 2.33. The molecule has 3 nitrogen and oxygen atoms in total. The van der Waals surface area contributed by atoms with Gasteiger partial charge < -0.3 is 9.84 Å². The number of carbonyl (C=O) groups excluding carboxylic acids is 1. The third kappa shape index (κ3) is 3.20. The number of ether oxygens (including phenoxy) is 1. The van der Waals surface area contributed by atoms with E-state index in [0.717, 1.165) is 11.1 Å². The maximum Gasteiger partial charge on any atom is 0.342 e. The molecule has 0 saturated carbocycles. The Morgan fingerprint density at radius 3 is 2.27 bits per heavy atom. The van der Waals surface area contributed by atoms with E-state index in [2.05, 4.69) is 42.8 Å². The number of methoxy groups -OCH3 is 1. The lowest BCUT2D eigenvalue weighted by molar-refractivity contribution is -0.161. The molecule has 1 unspecified atom stereocenters. The average Bonchev–Trinajstić information content (AvgIpc) is 2.54. The third-order valence-electron chi connectivity index (χ3n) is 3.92. The molecule has 0 radical (unpaired) electrons. The minimum Gasteiger partial charge on any atom is -0.467 e. The van der Waals surface area contributed by atoms with E-state index >= 15 is 0 Å². The summed E-state index contributed by atoms with van der Waals surface area (Å²) in [6.07, 6.45) is 0. The van der Waals surface area contributed by atoms with Gasteiger partial charge in [-0.3, -0.25) is 0 Å². The van der Waals surface area contributed by atoms with Crippen LogP contribution in [0.2, 0.25) is 0 Å². The van der Waals surface area contributed by atoms with Crippen molar-refractivity contribution in [1.29, 1.82) is 0 Å². The molecule has 0 saturated heterocycles. The molecular formula is C19H22O3. The van der Waals surface area contributed by atoms with Gasteiger partial charge in [0.15, 0.2) is 5.60 Å². The second-order valence-electron chi connectivity index (χ2n) is 5.92. The summed E-state index contributed by atoms with van der Waals surface area (Å²) >= 11 is 0. The van der Waals surface area contributed by atoms with Crippen molar-refractivity contribution in [2.75, 3.05) is 7.11 Å². The highest BCUT2D eigenvalue weighted by Crippen LogP contribution is 2.28. The zero-order valence-corrected chi connectivity index (χ0v) is 13.5. The normalized spacial score (nSPS) is 13.7. The van der Waals surface area contributed by atoms with Crippen LogP contribution in [0.4, 0.5) is 0 Å². The number of aliphatic hydroxyl groups is 1. The molecule has 0 amide bonds. The molecule has 2 rings (SSSR count). The number of esters is 1. The van der Waals surface area contributed by atoms with E-state index in [0.29, 0.717) is 11.5 Å². The van der Waals surface area contributed by atoms with Crippen molar-refractivity contribution in [3.63, 3.8) is 0 Å². The summed E-state index contributed by atoms with van der Waals surface area (Å²) < 4.78 is 4.67. The van der Waals surface area contributed by atoms with Crippen molar-refractivity contribution >= 4 is 5.97 Å². The fourth-order valence-electron chi connectivity index (χ4n) is 2.38. The summed E-state index contributed by atoms with van der Waals surface area (Å²) in [6.45, 7) is 5.76. The second kappa shape index (κ2) is 6.32. The van der Waals surface area contributed by atoms with E-state index in [9.17, 15) is 9.90 Å². The van der Waals surface area contributed by atoms with Gasteiger partial charge in [-0.2, -0.15) is 0 Å². The maximum atomic E-state index is 11.7. The number of benzene rings is 2. The SMILES string of the molecule is COC(=O)C(C)(O)c1cccc(-c2ccc(C(C)C)cc2)c1. The highest BCUT2D eigenvalue weighted by atomic mass is 16.5. The Balaban J connectivity index is 2.38. The van der Waals surface area contributed by atoms with Crippen LogP contribution in [-0.2, 0) is 15.1 Å². The van der Waals surface area contributed by atoms with Gasteiger partial charge in [0.25, 0.3) is 0 Å². The van der Waals surface area contributed by atoms with Gasteiger partial charge in [-0.25, -0.2) is 4.79 Å². The molecule has 0 spiro atoms. The highest BCUT2D eigenvalue weighted by molar-refractivity contribution is 5.81. The van der Waals surface area contributed by atoms with Crippen LogP contribution >= 0.6 is 0 Å². The second-order valence-corrected chi connectivity index (χ2v) is 5.92. The van der Waals surface area contributed by atoms with E-state index in [1.807, 2.05) is 18.2 Å². The lowest BCUT2D eigenvalue weighted by Crippen LogP contribution is -2.33. The predicted molar refractivity (Wildman–Crippen MR) is 87.6 cm³/mol. The number of hydrogen-bond donors (Lipinski definition) is 1. The molecule has 0 aliphatic carbocycles. The summed E-state index contributed by atoms with van der Waals surface area (Å²) in [6, 6.07) is 15.7. The van der Waals surface area contributed by atoms with E-state index in [1.165, 1.54) is 19.6 Å². The topological polar surface area (TPSA) is 46.5 Å². The summed E-state index contributed by atoms with van der Waals surface area (Å²) in [5.74, 6) is -0.180. The van der Waals surface area contributed by atoms with Crippen molar-refractivity contribution in [3.05, 3.63) is 59.7 Å². The van der Waals surface area contributed by atoms with E-state index in [4.69, 9.17) is 0 Å². The number of rotatable bonds is 4. The van der Waals surface area contributed by atoms with Crippen LogP contribution in [0.25, 0.3) is 11.1 Å². The van der Waals surface area contributed by atoms with E-state index in [1.54, 1.807) is 6.07 Å². The first kappa shape index (κ1) is 16.2. The van der Waals surface area contributed by atoms with Gasteiger partial charge >= 0.3 is 5.97 Å². The monoisotopic (exact) mass is 298 g/mol. The van der Waals surface area contributed by atoms with E-state index in [-0.39, 0.29) is 0 Å². The Morgan fingerprint density at radius 1 is 1.09 bits per heavy atom. The average molecular weight is 298 g/mol. The lowest BCUT2D eigenvalue weighted by atomic mass is 9.92. The molecule has 0 aliphatic heterocycles. The largest absolute Gasteiger partial charge is 0.467 e. The van der Waals surface area contributed by atoms with Crippen LogP contribution in [0, 0.1) is 0 Å². The summed E-state index contributed by atoms with van der Waals surface area (Å²) in [7, 11) is 1.27. The number of carbonyl (C=O) groups is 1. The van der Waals surface area contributed by atoms with Gasteiger partial charge in [-0.05, 0) is 41.2 Å². The Labute approximate surface area is 131 Å². The molecule has 0 aliphatic rings. The molecular weight excluding hydrogens is 276 g/mol. The van der Waals surface area contributed by atoms with Crippen molar-refractivity contribution in [2.45, 2.75) is 32.3 Å². The fourth-order valence-corrected chi connectivity index (χ4v) is 2.38. The molecule has 0 bridgehead atoms. The minimum atomic E-state index is -1.65. The first-order valence-corrected chi connectivity index (χ1v) is 7.38. The molecule has 0 heterocycles. The van der Waals surface area contributed by atoms with Gasteiger partial charge in [0.1, 0.15) is 0 Å². The Kier molecular flexibility index (Phi) is 4.67. The van der Waals surface area contributed by atoms with Crippen molar-refractivity contribution in [3.8, 4) is 11.1 Å². The van der Waals surface area contributed by atoms with Gasteiger partial charge in [0.2, 0.25) is 0 Å². The summed E-state index contributed by atoms with van der Waals surface area (Å²) in [5.41, 5.74) is 2.15. The molecule has 2 aromatic rings. The van der Waals surface area contributed by atoms with Gasteiger partial charge in [0.05, 0.1) is 7.11 Å². The Bertz CT molecular complexity index is 655. The summed E-state index contributed by atoms with van der Waals surface area (Å²) in [4.78, 5) is 11.7. The zero-order valence-electron chi connectivity index (χ0n) is 13.5. The molecule has 116 valence electrons. The maximum absolute atomic E-state index is 11.7. The molecule has 3 heteroatoms. The van der Waals surface area contributed by atoms with Crippen LogP contribution in [0.3, 0.4) is 0 Å². The molecule has 22 heavy (non-hydrogen) atoms. The van der Waals surface area contributed by atoms with Crippen LogP contribution in [0.5, 0.6) is 0 Å². The molecule has 0 fully saturated rings. The quantitative estimate of drug-likeness (QED) is 0.872. The lowest BCUT2D eigenvalue weighted by Gasteiger charge is -2.21. The van der Waals surface area contributed by atoms with Crippen molar-refractivity contribution < 1.29 is 14.6 Å². The van der Waals surface area contributed by atoms with Gasteiger partial charge in [0, 0.05) is 0 Å². The molecule has 2 aromatic carbocycles. The molecule has 1 N–H and O–H groups in total. The van der Waals surface area contributed by atoms with Gasteiger partial charge in [-0.1, -0.05) is 56.3 Å².